The highest BCUT2D eigenvalue weighted by atomic mass is 32.2. The van der Waals surface area contributed by atoms with Gasteiger partial charge in [0.25, 0.3) is 5.56 Å². The molecule has 1 atom stereocenters. The quantitative estimate of drug-likeness (QED) is 0.521. The molecular weight excluding hydrogens is 473 g/mol. The van der Waals surface area contributed by atoms with E-state index in [1.54, 1.807) is 12.1 Å². The minimum atomic E-state index is -4.47. The molecule has 5 nitrogen and oxygen atoms in total. The van der Waals surface area contributed by atoms with Gasteiger partial charge in [0.1, 0.15) is 0 Å². The van der Waals surface area contributed by atoms with Gasteiger partial charge in [-0.1, -0.05) is 18.2 Å². The molecule has 0 aliphatic carbocycles. The summed E-state index contributed by atoms with van der Waals surface area (Å²) in [6.45, 7) is 0.171. The Bertz CT molecular complexity index is 1350. The normalized spacial score (nSPS) is 18.1. The highest BCUT2D eigenvalue weighted by molar-refractivity contribution is 7.98. The van der Waals surface area contributed by atoms with E-state index in [0.29, 0.717) is 23.1 Å². The Labute approximate surface area is 193 Å². The van der Waals surface area contributed by atoms with Crippen LogP contribution in [0.5, 0.6) is 0 Å². The molecule has 0 radical (unpaired) electrons. The zero-order valence-electron chi connectivity index (χ0n) is 17.9. The maximum atomic E-state index is 13.4. The maximum Gasteiger partial charge on any atom is 0.416 e. The van der Waals surface area contributed by atoms with E-state index >= 15 is 0 Å². The van der Waals surface area contributed by atoms with Gasteiger partial charge in [-0.2, -0.15) is 13.2 Å². The van der Waals surface area contributed by atoms with Crippen LogP contribution in [0.1, 0.15) is 23.1 Å². The summed E-state index contributed by atoms with van der Waals surface area (Å²) >= 11 is 1.51. The average Bonchev–Trinajstić information content (AvgIpc) is 3.12. The van der Waals surface area contributed by atoms with Crippen LogP contribution in [0.2, 0.25) is 0 Å². The van der Waals surface area contributed by atoms with Crippen LogP contribution in [-0.2, 0) is 29.1 Å². The van der Waals surface area contributed by atoms with E-state index in [9.17, 15) is 26.4 Å². The zero-order valence-corrected chi connectivity index (χ0v) is 19.5. The minimum Gasteiger partial charge on any atom is -0.309 e. The first-order valence-corrected chi connectivity index (χ1v) is 13.4. The van der Waals surface area contributed by atoms with Crippen LogP contribution in [0.4, 0.5) is 13.2 Å². The van der Waals surface area contributed by atoms with E-state index in [1.807, 2.05) is 24.5 Å². The maximum absolute atomic E-state index is 13.4. The zero-order chi connectivity index (χ0) is 23.8. The molecule has 0 saturated carbocycles. The number of rotatable bonds is 6. The lowest BCUT2D eigenvalue weighted by atomic mass is 10.1. The molecule has 1 saturated heterocycles. The summed E-state index contributed by atoms with van der Waals surface area (Å²) in [7, 11) is -3.06. The Morgan fingerprint density at radius 1 is 1.15 bits per heavy atom. The fourth-order valence-corrected chi connectivity index (χ4v) is 6.20. The number of hydrogen-bond donors (Lipinski definition) is 1. The molecule has 33 heavy (non-hydrogen) atoms. The fraction of sp³-hybridized carbons (Fsp3) is 0.348. The monoisotopic (exact) mass is 496 g/mol. The first-order valence-electron chi connectivity index (χ1n) is 10.4. The third-order valence-electron chi connectivity index (χ3n) is 5.79. The van der Waals surface area contributed by atoms with Crippen molar-refractivity contribution in [1.82, 2.24) is 9.88 Å². The van der Waals surface area contributed by atoms with E-state index in [-0.39, 0.29) is 36.2 Å². The number of thioether (sulfide) groups is 1. The first-order chi connectivity index (χ1) is 15.6. The van der Waals surface area contributed by atoms with Gasteiger partial charge in [-0.15, -0.1) is 11.8 Å². The topological polar surface area (TPSA) is 68.2 Å². The fourth-order valence-electron chi connectivity index (χ4n) is 4.06. The third-order valence-corrected chi connectivity index (χ3v) is 8.28. The summed E-state index contributed by atoms with van der Waals surface area (Å²) in [5, 5.41) is 3.94. The summed E-state index contributed by atoms with van der Waals surface area (Å²) in [5.41, 5.74) is 0.371. The SMILES string of the molecule is CSc1ccc2cc(CNC3CCS(=O)(=O)C3)c(=O)n(Cc3cccc(C(F)(F)F)c3)c2c1. The lowest BCUT2D eigenvalue weighted by molar-refractivity contribution is -0.137. The minimum absolute atomic E-state index is 0.0112. The molecule has 1 fully saturated rings. The van der Waals surface area contributed by atoms with Gasteiger partial charge in [0.05, 0.1) is 29.1 Å². The van der Waals surface area contributed by atoms with Gasteiger partial charge < -0.3 is 9.88 Å². The number of aromatic nitrogens is 1. The predicted octanol–water partition coefficient (Wildman–Crippen LogP) is 4.07. The summed E-state index contributed by atoms with van der Waals surface area (Å²) in [4.78, 5) is 14.3. The van der Waals surface area contributed by atoms with Gasteiger partial charge in [-0.25, -0.2) is 8.42 Å². The van der Waals surface area contributed by atoms with Gasteiger partial charge in [0, 0.05) is 23.0 Å². The van der Waals surface area contributed by atoms with Gasteiger partial charge >= 0.3 is 6.18 Å². The Hall–Kier alpha value is -2.30. The first kappa shape index (κ1) is 23.8. The standard InChI is InChI=1S/C23H23F3N2O3S2/c1-32-20-6-5-16-10-17(12-27-19-7-8-33(30,31)14-19)22(29)28(21(16)11-20)13-15-3-2-4-18(9-15)23(24,25)26/h2-6,9-11,19,27H,7-8,12-14H2,1H3. The Morgan fingerprint density at radius 3 is 2.61 bits per heavy atom. The lowest BCUT2D eigenvalue weighted by Crippen LogP contribution is -2.33. The van der Waals surface area contributed by atoms with Crippen LogP contribution >= 0.6 is 11.8 Å². The molecule has 1 aliphatic heterocycles. The second-order valence-corrected chi connectivity index (χ2v) is 11.3. The number of fused-ring (bicyclic) bond motifs is 1. The Morgan fingerprint density at radius 2 is 1.94 bits per heavy atom. The molecule has 176 valence electrons. The summed E-state index contributed by atoms with van der Waals surface area (Å²) < 4.78 is 64.5. The molecule has 0 spiro atoms. The number of sulfone groups is 1. The van der Waals surface area contributed by atoms with Crippen LogP contribution in [0.15, 0.2) is 58.2 Å². The number of halogens is 3. The highest BCUT2D eigenvalue weighted by Gasteiger charge is 2.30. The van der Waals surface area contributed by atoms with Crippen molar-refractivity contribution in [3.05, 3.63) is 75.6 Å². The van der Waals surface area contributed by atoms with Crippen LogP contribution in [0.3, 0.4) is 0 Å². The van der Waals surface area contributed by atoms with Crippen LogP contribution < -0.4 is 10.9 Å². The molecular formula is C23H23F3N2O3S2. The summed E-state index contributed by atoms with van der Waals surface area (Å²) in [5.74, 6) is 0.162. The van der Waals surface area contributed by atoms with Crippen molar-refractivity contribution in [1.29, 1.82) is 0 Å². The molecule has 1 aliphatic rings. The van der Waals surface area contributed by atoms with Crippen molar-refractivity contribution < 1.29 is 21.6 Å². The summed E-state index contributed by atoms with van der Waals surface area (Å²) in [6, 6.07) is 12.2. The summed E-state index contributed by atoms with van der Waals surface area (Å²) in [6.07, 6.45) is -2.07. The third kappa shape index (κ3) is 5.44. The van der Waals surface area contributed by atoms with E-state index in [4.69, 9.17) is 0 Å². The van der Waals surface area contributed by atoms with Gasteiger partial charge in [0.2, 0.25) is 0 Å². The highest BCUT2D eigenvalue weighted by Crippen LogP contribution is 2.30. The van der Waals surface area contributed by atoms with Crippen LogP contribution in [-0.4, -0.2) is 36.8 Å². The van der Waals surface area contributed by atoms with Gasteiger partial charge in [0.15, 0.2) is 9.84 Å². The molecule has 2 heterocycles. The molecule has 0 amide bonds. The number of nitrogens with zero attached hydrogens (tertiary/aromatic N) is 1. The van der Waals surface area contributed by atoms with E-state index in [1.165, 1.54) is 22.4 Å². The number of nitrogens with one attached hydrogen (secondary N) is 1. The van der Waals surface area contributed by atoms with Crippen LogP contribution in [0, 0.1) is 0 Å². The van der Waals surface area contributed by atoms with Crippen molar-refractivity contribution in [3.63, 3.8) is 0 Å². The number of pyridine rings is 1. The predicted molar refractivity (Wildman–Crippen MR) is 124 cm³/mol. The van der Waals surface area contributed by atoms with Crippen molar-refractivity contribution in [3.8, 4) is 0 Å². The Balaban J connectivity index is 1.73. The average molecular weight is 497 g/mol. The second-order valence-electron chi connectivity index (χ2n) is 8.16. The Kier molecular flexibility index (Phi) is 6.61. The number of benzene rings is 2. The van der Waals surface area contributed by atoms with Crippen LogP contribution in [0.25, 0.3) is 10.9 Å². The molecule has 1 N–H and O–H groups in total. The van der Waals surface area contributed by atoms with Gasteiger partial charge in [-0.05, 0) is 54.0 Å². The molecule has 3 aromatic rings. The second kappa shape index (κ2) is 9.15. The molecule has 10 heteroatoms. The molecule has 2 aromatic carbocycles. The van der Waals surface area contributed by atoms with Crippen molar-refractivity contribution >= 4 is 32.5 Å². The van der Waals surface area contributed by atoms with E-state index in [2.05, 4.69) is 5.32 Å². The van der Waals surface area contributed by atoms with Crippen molar-refractivity contribution in [2.45, 2.75) is 36.6 Å². The molecule has 4 rings (SSSR count). The van der Waals surface area contributed by atoms with Gasteiger partial charge in [-0.3, -0.25) is 4.79 Å². The molecule has 0 bridgehead atoms. The largest absolute Gasteiger partial charge is 0.416 e. The van der Waals surface area contributed by atoms with Crippen molar-refractivity contribution in [2.24, 2.45) is 0 Å². The molecule has 1 unspecified atom stereocenters. The smallest absolute Gasteiger partial charge is 0.309 e. The van der Waals surface area contributed by atoms with E-state index in [0.717, 1.165) is 22.4 Å². The number of alkyl halides is 3. The lowest BCUT2D eigenvalue weighted by Gasteiger charge is -2.16. The molecule has 1 aromatic heterocycles. The van der Waals surface area contributed by atoms with Crippen molar-refractivity contribution in [2.75, 3.05) is 17.8 Å². The van der Waals surface area contributed by atoms with E-state index < -0.39 is 21.6 Å². The number of hydrogen-bond acceptors (Lipinski definition) is 5.